The number of rotatable bonds is 9. The highest BCUT2D eigenvalue weighted by Crippen LogP contribution is 2.49. The minimum Gasteiger partial charge on any atom is -0.493 e. The highest BCUT2D eigenvalue weighted by atomic mass is 32.2. The molecule has 1 saturated heterocycles. The van der Waals surface area contributed by atoms with Gasteiger partial charge in [-0.2, -0.15) is 4.31 Å². The summed E-state index contributed by atoms with van der Waals surface area (Å²) in [5.41, 5.74) is 0.910. The van der Waals surface area contributed by atoms with Crippen molar-refractivity contribution in [2.75, 3.05) is 39.2 Å². The maximum atomic E-state index is 13.3. The van der Waals surface area contributed by atoms with Crippen LogP contribution >= 0.6 is 0 Å². The van der Waals surface area contributed by atoms with Crippen LogP contribution < -0.4 is 14.8 Å². The number of nitrogens with one attached hydrogen (secondary N) is 1. The lowest BCUT2D eigenvalue weighted by atomic mass is 9.95. The molecule has 1 unspecified atom stereocenters. The number of esters is 1. The number of sulfonamides is 1. The van der Waals surface area contributed by atoms with E-state index in [1.165, 1.54) is 30.7 Å². The Morgan fingerprint density at radius 2 is 1.75 bits per heavy atom. The summed E-state index contributed by atoms with van der Waals surface area (Å²) in [6.07, 6.45) is 2.67. The number of amides is 1. The van der Waals surface area contributed by atoms with Crippen LogP contribution in [-0.4, -0.2) is 58.5 Å². The van der Waals surface area contributed by atoms with Gasteiger partial charge in [-0.15, -0.1) is 0 Å². The van der Waals surface area contributed by atoms with Crippen LogP contribution in [0.1, 0.15) is 38.2 Å². The van der Waals surface area contributed by atoms with Crippen LogP contribution in [-0.2, 0) is 29.8 Å². The number of nitrogens with zero attached hydrogens (tertiary/aromatic N) is 1. The molecule has 194 valence electrons. The fraction of sp³-hybridized carbons (Fsp3) is 0.462. The maximum absolute atomic E-state index is 13.3. The number of methoxy groups -OCH3 is 2. The minimum atomic E-state index is -3.81. The summed E-state index contributed by atoms with van der Waals surface area (Å²) in [5, 5.41) is 2.90. The van der Waals surface area contributed by atoms with Gasteiger partial charge in [-0.05, 0) is 62.4 Å². The molecule has 9 nitrogen and oxygen atoms in total. The number of hydrogen-bond donors (Lipinski definition) is 1. The van der Waals surface area contributed by atoms with Gasteiger partial charge in [0.25, 0.3) is 0 Å². The van der Waals surface area contributed by atoms with Crippen molar-refractivity contribution in [1.82, 2.24) is 4.31 Å². The number of carbonyl (C=O) groups is 2. The highest BCUT2D eigenvalue weighted by Gasteiger charge is 2.52. The lowest BCUT2D eigenvalue weighted by Gasteiger charge is -2.31. The van der Waals surface area contributed by atoms with Crippen molar-refractivity contribution in [2.45, 2.75) is 42.9 Å². The average molecular weight is 517 g/mol. The SMILES string of the molecule is CCOC(=O)C1(c2ccc(NC(=O)C3CCCN(S(=O)(=O)c4ccc(OC)c(OC)c4)C3)cc2)CC1. The third-order valence-corrected chi connectivity index (χ3v) is 8.73. The predicted octanol–water partition coefficient (Wildman–Crippen LogP) is 3.34. The van der Waals surface area contributed by atoms with Crippen LogP contribution in [0.4, 0.5) is 5.69 Å². The third-order valence-electron chi connectivity index (χ3n) is 6.87. The topological polar surface area (TPSA) is 111 Å². The molecule has 1 atom stereocenters. The molecule has 1 N–H and O–H groups in total. The standard InChI is InChI=1S/C26H32N2O7S/c1-4-35-25(30)26(13-14-26)19-7-9-20(10-8-19)27-24(29)18-6-5-15-28(17-18)36(31,32)21-11-12-22(33-2)23(16-21)34-3/h7-12,16,18H,4-6,13-15,17H2,1-3H3,(H,27,29). The van der Waals surface area contributed by atoms with Gasteiger partial charge in [0, 0.05) is 24.8 Å². The van der Waals surface area contributed by atoms with E-state index in [0.29, 0.717) is 43.2 Å². The first kappa shape index (κ1) is 26.0. The number of hydrogen-bond acceptors (Lipinski definition) is 7. The second kappa shape index (κ2) is 10.5. The summed E-state index contributed by atoms with van der Waals surface area (Å²) in [6, 6.07) is 11.7. The largest absolute Gasteiger partial charge is 0.493 e. The zero-order valence-corrected chi connectivity index (χ0v) is 21.6. The van der Waals surface area contributed by atoms with Gasteiger partial charge in [0.05, 0.1) is 37.1 Å². The van der Waals surface area contributed by atoms with Crippen molar-refractivity contribution in [3.8, 4) is 11.5 Å². The first-order chi connectivity index (χ1) is 17.2. The molecule has 1 amide bonds. The Kier molecular flexibility index (Phi) is 7.56. The third kappa shape index (κ3) is 5.05. The van der Waals surface area contributed by atoms with Crippen LogP contribution in [0.25, 0.3) is 0 Å². The second-order valence-electron chi connectivity index (χ2n) is 9.09. The van der Waals surface area contributed by atoms with Crippen LogP contribution in [0.3, 0.4) is 0 Å². The fourth-order valence-corrected chi connectivity index (χ4v) is 6.16. The zero-order chi connectivity index (χ0) is 25.9. The molecule has 10 heteroatoms. The summed E-state index contributed by atoms with van der Waals surface area (Å²) in [4.78, 5) is 25.4. The van der Waals surface area contributed by atoms with Crippen molar-refractivity contribution in [3.63, 3.8) is 0 Å². The molecule has 4 rings (SSSR count). The molecule has 2 fully saturated rings. The lowest BCUT2D eigenvalue weighted by Crippen LogP contribution is -2.43. The summed E-state index contributed by atoms with van der Waals surface area (Å²) >= 11 is 0. The smallest absolute Gasteiger partial charge is 0.316 e. The van der Waals surface area contributed by atoms with E-state index in [0.717, 1.165) is 18.4 Å². The van der Waals surface area contributed by atoms with E-state index in [2.05, 4.69) is 5.32 Å². The molecule has 0 bridgehead atoms. The Morgan fingerprint density at radius 1 is 1.06 bits per heavy atom. The Hall–Kier alpha value is -3.11. The minimum absolute atomic E-state index is 0.0898. The first-order valence-corrected chi connectivity index (χ1v) is 13.5. The summed E-state index contributed by atoms with van der Waals surface area (Å²) in [5.74, 6) is -0.165. The highest BCUT2D eigenvalue weighted by molar-refractivity contribution is 7.89. The van der Waals surface area contributed by atoms with Gasteiger partial charge in [-0.1, -0.05) is 12.1 Å². The van der Waals surface area contributed by atoms with E-state index < -0.39 is 21.4 Å². The van der Waals surface area contributed by atoms with E-state index in [1.807, 2.05) is 12.1 Å². The van der Waals surface area contributed by atoms with Crippen LogP contribution in [0.5, 0.6) is 11.5 Å². The fourth-order valence-electron chi connectivity index (χ4n) is 4.62. The van der Waals surface area contributed by atoms with E-state index in [9.17, 15) is 18.0 Å². The van der Waals surface area contributed by atoms with Crippen molar-refractivity contribution >= 4 is 27.6 Å². The van der Waals surface area contributed by atoms with Crippen LogP contribution in [0.2, 0.25) is 0 Å². The molecule has 2 aromatic rings. The molecule has 0 aromatic heterocycles. The molecule has 0 radical (unpaired) electrons. The molecule has 1 aliphatic carbocycles. The van der Waals surface area contributed by atoms with E-state index >= 15 is 0 Å². The molecule has 0 spiro atoms. The van der Waals surface area contributed by atoms with E-state index in [1.54, 1.807) is 25.1 Å². The summed E-state index contributed by atoms with van der Waals surface area (Å²) in [7, 11) is -0.881. The zero-order valence-electron chi connectivity index (χ0n) is 20.8. The summed E-state index contributed by atoms with van der Waals surface area (Å²) in [6.45, 7) is 2.56. The van der Waals surface area contributed by atoms with Crippen molar-refractivity contribution in [3.05, 3.63) is 48.0 Å². The maximum Gasteiger partial charge on any atom is 0.316 e. The van der Waals surface area contributed by atoms with E-state index in [4.69, 9.17) is 14.2 Å². The Balaban J connectivity index is 1.42. The quantitative estimate of drug-likeness (QED) is 0.509. The lowest BCUT2D eigenvalue weighted by molar-refractivity contribution is -0.146. The van der Waals surface area contributed by atoms with Crippen molar-refractivity contribution < 1.29 is 32.2 Å². The summed E-state index contributed by atoms with van der Waals surface area (Å²) < 4.78 is 43.6. The monoisotopic (exact) mass is 516 g/mol. The van der Waals surface area contributed by atoms with Crippen molar-refractivity contribution in [1.29, 1.82) is 0 Å². The van der Waals surface area contributed by atoms with Gasteiger partial charge in [-0.25, -0.2) is 8.42 Å². The van der Waals surface area contributed by atoms with Gasteiger partial charge < -0.3 is 19.5 Å². The molecule has 36 heavy (non-hydrogen) atoms. The van der Waals surface area contributed by atoms with Gasteiger partial charge >= 0.3 is 5.97 Å². The Morgan fingerprint density at radius 3 is 2.36 bits per heavy atom. The molecular formula is C26H32N2O7S. The Labute approximate surface area is 211 Å². The molecule has 2 aromatic carbocycles. The molecule has 2 aliphatic rings. The first-order valence-electron chi connectivity index (χ1n) is 12.1. The molecule has 1 saturated carbocycles. The van der Waals surface area contributed by atoms with Gasteiger partial charge in [-0.3, -0.25) is 9.59 Å². The predicted molar refractivity (Wildman–Crippen MR) is 134 cm³/mol. The number of anilines is 1. The van der Waals surface area contributed by atoms with Crippen LogP contribution in [0.15, 0.2) is 47.4 Å². The average Bonchev–Trinajstić information content (AvgIpc) is 3.71. The van der Waals surface area contributed by atoms with E-state index in [-0.39, 0.29) is 23.3 Å². The van der Waals surface area contributed by atoms with Crippen LogP contribution in [0, 0.1) is 5.92 Å². The second-order valence-corrected chi connectivity index (χ2v) is 11.0. The molecular weight excluding hydrogens is 484 g/mol. The normalized spacial score (nSPS) is 19.2. The number of carbonyl (C=O) groups excluding carboxylic acids is 2. The van der Waals surface area contributed by atoms with Gasteiger partial charge in [0.15, 0.2) is 11.5 Å². The number of ether oxygens (including phenoxy) is 3. The number of benzene rings is 2. The molecule has 1 heterocycles. The van der Waals surface area contributed by atoms with Gasteiger partial charge in [0.1, 0.15) is 0 Å². The van der Waals surface area contributed by atoms with Crippen molar-refractivity contribution in [2.24, 2.45) is 5.92 Å². The Bertz CT molecular complexity index is 1220. The van der Waals surface area contributed by atoms with Gasteiger partial charge in [0.2, 0.25) is 15.9 Å². The number of piperidine rings is 1. The molecule has 1 aliphatic heterocycles.